The van der Waals surface area contributed by atoms with Crippen molar-refractivity contribution >= 4 is 24.2 Å². The first-order chi connectivity index (χ1) is 18.6. The van der Waals surface area contributed by atoms with Crippen molar-refractivity contribution in [2.75, 3.05) is 13.2 Å². The molecule has 3 atom stereocenters. The van der Waals surface area contributed by atoms with E-state index in [-0.39, 0.29) is 37.6 Å². The Labute approximate surface area is 230 Å². The number of aliphatic carboxylic acids is 1. The van der Waals surface area contributed by atoms with Gasteiger partial charge in [-0.25, -0.2) is 9.59 Å². The number of hydrogen-bond acceptors (Lipinski definition) is 10. The fourth-order valence-corrected chi connectivity index (χ4v) is 3.73. The largest absolute Gasteiger partial charge is 0.513 e. The molecule has 0 bridgehead atoms. The van der Waals surface area contributed by atoms with E-state index in [1.54, 1.807) is 6.92 Å². The number of carboxylic acid groups (broad SMARTS) is 1. The summed E-state index contributed by atoms with van der Waals surface area (Å²) in [5, 5.41) is 9.62. The first kappa shape index (κ1) is 33.7. The molecule has 0 aliphatic rings. The molecule has 220 valence electrons. The van der Waals surface area contributed by atoms with Crippen molar-refractivity contribution in [3.8, 4) is 11.5 Å². The van der Waals surface area contributed by atoms with Crippen molar-refractivity contribution in [2.24, 2.45) is 5.73 Å². The second-order valence-corrected chi connectivity index (χ2v) is 9.28. The molecule has 11 nitrogen and oxygen atoms in total. The highest BCUT2D eigenvalue weighted by Crippen LogP contribution is 2.35. The molecule has 0 aliphatic carbocycles. The van der Waals surface area contributed by atoms with Crippen LogP contribution in [0.1, 0.15) is 97.0 Å². The van der Waals surface area contributed by atoms with Crippen molar-refractivity contribution in [1.82, 2.24) is 0 Å². The summed E-state index contributed by atoms with van der Waals surface area (Å²) in [5.41, 5.74) is 6.37. The van der Waals surface area contributed by atoms with E-state index >= 15 is 0 Å². The van der Waals surface area contributed by atoms with Gasteiger partial charge in [0.15, 0.2) is 11.5 Å². The van der Waals surface area contributed by atoms with E-state index in [4.69, 9.17) is 29.4 Å². The number of carboxylic acids is 1. The molecule has 0 fully saturated rings. The van der Waals surface area contributed by atoms with Gasteiger partial charge in [-0.05, 0) is 50.3 Å². The molecule has 39 heavy (non-hydrogen) atoms. The Hall–Kier alpha value is -3.34. The molecule has 2 unspecified atom stereocenters. The van der Waals surface area contributed by atoms with Crippen LogP contribution in [0.15, 0.2) is 18.2 Å². The van der Waals surface area contributed by atoms with Crippen LogP contribution in [0, 0.1) is 0 Å². The van der Waals surface area contributed by atoms with E-state index in [0.29, 0.717) is 24.8 Å². The van der Waals surface area contributed by atoms with Gasteiger partial charge in [0.2, 0.25) is 0 Å². The Balaban J connectivity index is 3.21. The lowest BCUT2D eigenvalue weighted by Crippen LogP contribution is -2.38. The monoisotopic (exact) mass is 553 g/mol. The van der Waals surface area contributed by atoms with Crippen LogP contribution in [0.3, 0.4) is 0 Å². The van der Waals surface area contributed by atoms with Crippen molar-refractivity contribution in [2.45, 2.75) is 104 Å². The lowest BCUT2D eigenvalue weighted by Gasteiger charge is -2.25. The molecule has 0 heterocycles. The van der Waals surface area contributed by atoms with Crippen LogP contribution < -0.4 is 15.2 Å². The van der Waals surface area contributed by atoms with Gasteiger partial charge in [0, 0.05) is 12.3 Å². The third kappa shape index (κ3) is 13.3. The van der Waals surface area contributed by atoms with E-state index in [2.05, 4.69) is 0 Å². The summed E-state index contributed by atoms with van der Waals surface area (Å²) in [6, 6.07) is 2.87. The molecule has 1 aromatic rings. The summed E-state index contributed by atoms with van der Waals surface area (Å²) < 4.78 is 26.2. The molecule has 0 aliphatic heterocycles. The molecule has 3 N–H and O–H groups in total. The summed E-state index contributed by atoms with van der Waals surface area (Å²) in [4.78, 5) is 48.3. The molecule has 0 saturated heterocycles. The molecule has 0 radical (unpaired) electrons. The van der Waals surface area contributed by atoms with Gasteiger partial charge in [0.25, 0.3) is 0 Å². The molecule has 0 saturated carbocycles. The first-order valence-electron chi connectivity index (χ1n) is 13.6. The number of benzene rings is 1. The average molecular weight is 554 g/mol. The number of esters is 1. The summed E-state index contributed by atoms with van der Waals surface area (Å²) in [5.74, 6) is -2.78. The van der Waals surface area contributed by atoms with Crippen LogP contribution in [0.2, 0.25) is 0 Å². The zero-order chi connectivity index (χ0) is 29.2. The number of carbonyl (C=O) groups excluding carboxylic acids is 3. The maximum Gasteiger partial charge on any atom is 0.513 e. The second kappa shape index (κ2) is 18.8. The second-order valence-electron chi connectivity index (χ2n) is 9.28. The maximum atomic E-state index is 12.3. The van der Waals surface area contributed by atoms with Crippen molar-refractivity contribution < 1.29 is 48.0 Å². The van der Waals surface area contributed by atoms with Gasteiger partial charge in [-0.1, -0.05) is 52.5 Å². The van der Waals surface area contributed by atoms with Gasteiger partial charge in [-0.15, -0.1) is 0 Å². The first-order valence-corrected chi connectivity index (χ1v) is 13.6. The standard InChI is InChI=1S/C28H43NO10/c1-5-8-10-15-35-27(33)38-22-14-13-20(18-23(22)39-28(34)36-16-11-9-6-2)21(25(29)26(31)32)17-19(4)37-24(30)12-7-3/h13-14,18-19,21,25H,5-12,15-17,29H2,1-4H3,(H,31,32)/t19?,21?,25-/m0/s1. The molecule has 0 spiro atoms. The summed E-state index contributed by atoms with van der Waals surface area (Å²) in [7, 11) is 0. The highest BCUT2D eigenvalue weighted by atomic mass is 16.7. The number of hydrogen-bond donors (Lipinski definition) is 2. The van der Waals surface area contributed by atoms with Crippen LogP contribution in [0.5, 0.6) is 11.5 Å². The van der Waals surface area contributed by atoms with E-state index in [1.165, 1.54) is 18.2 Å². The van der Waals surface area contributed by atoms with E-state index in [0.717, 1.165) is 25.7 Å². The predicted octanol–water partition coefficient (Wildman–Crippen LogP) is 5.72. The minimum atomic E-state index is -1.36. The normalized spacial score (nSPS) is 13.1. The predicted molar refractivity (Wildman–Crippen MR) is 143 cm³/mol. The van der Waals surface area contributed by atoms with Crippen LogP contribution in [0.4, 0.5) is 9.59 Å². The number of unbranched alkanes of at least 4 members (excludes halogenated alkanes) is 4. The van der Waals surface area contributed by atoms with Gasteiger partial charge in [0.05, 0.1) is 19.3 Å². The highest BCUT2D eigenvalue weighted by molar-refractivity contribution is 5.75. The molecule has 1 aromatic carbocycles. The van der Waals surface area contributed by atoms with Gasteiger partial charge >= 0.3 is 24.2 Å². The van der Waals surface area contributed by atoms with Gasteiger partial charge in [-0.3, -0.25) is 9.59 Å². The summed E-state index contributed by atoms with van der Waals surface area (Å²) >= 11 is 0. The average Bonchev–Trinajstić information content (AvgIpc) is 2.88. The Morgan fingerprint density at radius 2 is 1.41 bits per heavy atom. The summed E-state index contributed by atoms with van der Waals surface area (Å²) in [6.45, 7) is 7.84. The van der Waals surface area contributed by atoms with Crippen molar-refractivity contribution in [1.29, 1.82) is 0 Å². The van der Waals surface area contributed by atoms with E-state index in [9.17, 15) is 24.3 Å². The Bertz CT molecular complexity index is 920. The van der Waals surface area contributed by atoms with Crippen LogP contribution in [-0.2, 0) is 23.8 Å². The Morgan fingerprint density at radius 1 is 0.846 bits per heavy atom. The van der Waals surface area contributed by atoms with Crippen LogP contribution in [-0.4, -0.2) is 54.7 Å². The van der Waals surface area contributed by atoms with Crippen molar-refractivity contribution in [3.63, 3.8) is 0 Å². The summed E-state index contributed by atoms with van der Waals surface area (Å²) in [6.07, 6.45) is 3.29. The van der Waals surface area contributed by atoms with Crippen LogP contribution >= 0.6 is 0 Å². The van der Waals surface area contributed by atoms with Gasteiger partial charge in [0.1, 0.15) is 6.04 Å². The van der Waals surface area contributed by atoms with Crippen LogP contribution in [0.25, 0.3) is 0 Å². The minimum Gasteiger partial charge on any atom is -0.480 e. The number of nitrogens with two attached hydrogens (primary N) is 1. The van der Waals surface area contributed by atoms with Gasteiger partial charge < -0.3 is 34.5 Å². The quantitative estimate of drug-likeness (QED) is 0.0990. The zero-order valence-electron chi connectivity index (χ0n) is 23.4. The van der Waals surface area contributed by atoms with E-state index < -0.39 is 42.3 Å². The van der Waals surface area contributed by atoms with E-state index in [1.807, 2.05) is 20.8 Å². The molecular weight excluding hydrogens is 510 g/mol. The lowest BCUT2D eigenvalue weighted by molar-refractivity contribution is -0.148. The third-order valence-corrected chi connectivity index (χ3v) is 5.81. The topological polar surface area (TPSA) is 161 Å². The highest BCUT2D eigenvalue weighted by Gasteiger charge is 2.30. The number of carbonyl (C=O) groups is 4. The fraction of sp³-hybridized carbons (Fsp3) is 0.643. The number of ether oxygens (including phenoxy) is 5. The molecular formula is C28H43NO10. The van der Waals surface area contributed by atoms with Crippen molar-refractivity contribution in [3.05, 3.63) is 23.8 Å². The fourth-order valence-electron chi connectivity index (χ4n) is 3.73. The third-order valence-electron chi connectivity index (χ3n) is 5.81. The molecule has 0 amide bonds. The molecule has 0 aromatic heterocycles. The Morgan fingerprint density at radius 3 is 1.92 bits per heavy atom. The smallest absolute Gasteiger partial charge is 0.480 e. The lowest BCUT2D eigenvalue weighted by atomic mass is 9.87. The minimum absolute atomic E-state index is 0.0868. The van der Waals surface area contributed by atoms with Gasteiger partial charge in [-0.2, -0.15) is 0 Å². The number of rotatable bonds is 18. The SMILES string of the molecule is CCCCCOC(=O)Oc1ccc(C(CC(C)OC(=O)CCC)[C@H](N)C(=O)O)cc1OC(=O)OCCCCC. The molecule has 1 rings (SSSR count). The Kier molecular flexibility index (Phi) is 16.3. The zero-order valence-corrected chi connectivity index (χ0v) is 23.4. The maximum absolute atomic E-state index is 12.3. The molecule has 11 heteroatoms.